The van der Waals surface area contributed by atoms with Gasteiger partial charge in [-0.2, -0.15) is 0 Å². The molecule has 4 fully saturated rings. The van der Waals surface area contributed by atoms with Gasteiger partial charge in [-0.1, -0.05) is 90.3 Å². The van der Waals surface area contributed by atoms with Crippen molar-refractivity contribution in [3.63, 3.8) is 0 Å². The number of hydrogen-bond donors (Lipinski definition) is 1. The van der Waals surface area contributed by atoms with Gasteiger partial charge in [0.1, 0.15) is 9.69 Å². The summed E-state index contributed by atoms with van der Waals surface area (Å²) in [6.45, 7) is 1.83. The van der Waals surface area contributed by atoms with Gasteiger partial charge in [-0.05, 0) is 42.3 Å². The van der Waals surface area contributed by atoms with Gasteiger partial charge in [0.05, 0.1) is 5.41 Å². The summed E-state index contributed by atoms with van der Waals surface area (Å²) in [5, 5.41) is 1.09. The van der Waals surface area contributed by atoms with Gasteiger partial charge < -0.3 is 14.8 Å². The van der Waals surface area contributed by atoms with Gasteiger partial charge in [0.2, 0.25) is 0 Å². The van der Waals surface area contributed by atoms with Crippen molar-refractivity contribution in [2.45, 2.75) is 34.7 Å². The fraction of sp³-hybridized carbons (Fsp3) is 0.233. The normalized spacial score (nSPS) is 31.1. The molecule has 4 saturated heterocycles. The minimum absolute atomic E-state index is 0.0685. The van der Waals surface area contributed by atoms with Crippen molar-refractivity contribution in [1.29, 1.82) is 0 Å². The van der Waals surface area contributed by atoms with Crippen LogP contribution in [0.2, 0.25) is 0 Å². The number of rotatable bonds is 2. The Morgan fingerprint density at radius 2 is 1.62 bits per heavy atom. The van der Waals surface area contributed by atoms with Crippen LogP contribution in [0.15, 0.2) is 85.1 Å². The second kappa shape index (κ2) is 7.68. The Morgan fingerprint density at radius 3 is 2.44 bits per heavy atom. The highest BCUT2D eigenvalue weighted by Gasteiger charge is 2.77. The first-order chi connectivity index (χ1) is 18.8. The summed E-state index contributed by atoms with van der Waals surface area (Å²) < 4.78 is 0.625. The van der Waals surface area contributed by atoms with E-state index in [1.165, 1.54) is 23.5 Å². The van der Waals surface area contributed by atoms with Gasteiger partial charge in [-0.25, -0.2) is 0 Å². The average Bonchev–Trinajstić information content (AvgIpc) is 3.55. The second-order valence-corrected chi connectivity index (χ2v) is 14.6. The number of thiocarbonyl (C=S) groups is 1. The zero-order chi connectivity index (χ0) is 26.7. The van der Waals surface area contributed by atoms with Crippen LogP contribution >= 0.6 is 35.7 Å². The van der Waals surface area contributed by atoms with Crippen molar-refractivity contribution in [1.82, 2.24) is 14.8 Å². The number of nitrogens with one attached hydrogen (secondary N) is 1. The highest BCUT2D eigenvalue weighted by molar-refractivity contribution is 8.48. The Morgan fingerprint density at radius 1 is 0.897 bits per heavy atom. The molecule has 1 spiro atoms. The largest absolute Gasteiger partial charge is 0.361 e. The quantitative estimate of drug-likeness (QED) is 0.308. The third kappa shape index (κ3) is 2.68. The van der Waals surface area contributed by atoms with Gasteiger partial charge in [-0.15, -0.1) is 0 Å². The van der Waals surface area contributed by atoms with Crippen molar-refractivity contribution >= 4 is 73.4 Å². The maximum atomic E-state index is 14.8. The molecule has 2 bridgehead atoms. The topological polar surface area (TPSA) is 59.7 Å². The molecule has 1 aromatic heterocycles. The molecular weight excluding hydrogens is 545 g/mol. The molecule has 5 aliphatic heterocycles. The van der Waals surface area contributed by atoms with Crippen LogP contribution in [-0.4, -0.2) is 53.1 Å². The molecule has 0 radical (unpaired) electrons. The third-order valence-corrected chi connectivity index (χ3v) is 12.0. The van der Waals surface area contributed by atoms with Crippen LogP contribution in [0.3, 0.4) is 0 Å². The predicted molar refractivity (Wildman–Crippen MR) is 161 cm³/mol. The molecule has 0 aliphatic carbocycles. The number of thioether (sulfide) groups is 2. The van der Waals surface area contributed by atoms with Gasteiger partial charge in [0.15, 0.2) is 9.74 Å². The molecule has 4 aromatic rings. The lowest BCUT2D eigenvalue weighted by Crippen LogP contribution is -2.72. The fourth-order valence-corrected chi connectivity index (χ4v) is 11.0. The van der Waals surface area contributed by atoms with Crippen molar-refractivity contribution in [2.24, 2.45) is 0 Å². The number of carbonyl (C=O) groups excluding carboxylic acids is 2. The molecule has 2 amide bonds. The molecule has 6 heterocycles. The van der Waals surface area contributed by atoms with Crippen LogP contribution in [0, 0.1) is 0 Å². The maximum Gasteiger partial charge on any atom is 0.262 e. The minimum Gasteiger partial charge on any atom is -0.361 e. The highest BCUT2D eigenvalue weighted by atomic mass is 32.2. The standard InChI is InChI=1S/C30H24N4O2S3/c1-28-25(35)34-24-29(21-16-31-22-14-8-6-12-19(21)22,17-30(34,26(36)32(28)2)39-27(37)38-28)20-13-7-9-15-23(20)33(24)18-10-4-3-5-11-18/h3-16,24,31H,17H2,1-2H3/t24-,28+,29?,30?/m0/s1. The van der Waals surface area contributed by atoms with Gasteiger partial charge in [-0.3, -0.25) is 14.5 Å². The fourth-order valence-electron chi connectivity index (χ4n) is 7.26. The van der Waals surface area contributed by atoms with Gasteiger partial charge >= 0.3 is 0 Å². The van der Waals surface area contributed by atoms with E-state index < -0.39 is 21.3 Å². The first-order valence-electron chi connectivity index (χ1n) is 12.9. The molecule has 1 N–H and O–H groups in total. The van der Waals surface area contributed by atoms with Crippen LogP contribution in [0.4, 0.5) is 11.4 Å². The van der Waals surface area contributed by atoms with Crippen LogP contribution in [0.5, 0.6) is 0 Å². The average molecular weight is 569 g/mol. The molecule has 3 aromatic carbocycles. The molecule has 4 atom stereocenters. The Hall–Kier alpha value is -3.27. The number of benzene rings is 3. The van der Waals surface area contributed by atoms with Crippen LogP contribution in [-0.2, 0) is 15.0 Å². The summed E-state index contributed by atoms with van der Waals surface area (Å²) in [5.74, 6) is -0.150. The number of carbonyl (C=O) groups is 2. The number of para-hydroxylation sites is 3. The zero-order valence-corrected chi connectivity index (χ0v) is 23.7. The number of amides is 2. The van der Waals surface area contributed by atoms with Crippen LogP contribution in [0.1, 0.15) is 24.5 Å². The summed E-state index contributed by atoms with van der Waals surface area (Å²) in [5.41, 5.74) is 4.57. The lowest BCUT2D eigenvalue weighted by atomic mass is 9.72. The summed E-state index contributed by atoms with van der Waals surface area (Å²) in [7, 11) is 1.75. The van der Waals surface area contributed by atoms with E-state index in [9.17, 15) is 9.59 Å². The molecule has 2 unspecified atom stereocenters. The number of likely N-dealkylation sites (N-methyl/N-ethyl adjacent to an activating group) is 1. The maximum absolute atomic E-state index is 14.8. The van der Waals surface area contributed by atoms with Gasteiger partial charge in [0, 0.05) is 41.9 Å². The molecule has 9 rings (SSSR count). The van der Waals surface area contributed by atoms with E-state index in [0.29, 0.717) is 9.95 Å². The zero-order valence-electron chi connectivity index (χ0n) is 21.3. The highest BCUT2D eigenvalue weighted by Crippen LogP contribution is 2.69. The minimum atomic E-state index is -1.16. The number of fused-ring (bicyclic) bond motifs is 7. The number of aromatic amines is 1. The molecule has 6 nitrogen and oxygen atoms in total. The van der Waals surface area contributed by atoms with Crippen molar-refractivity contribution in [3.05, 3.63) is 96.2 Å². The lowest BCUT2D eigenvalue weighted by molar-refractivity contribution is -0.163. The van der Waals surface area contributed by atoms with E-state index in [2.05, 4.69) is 58.5 Å². The number of anilines is 2. The smallest absolute Gasteiger partial charge is 0.262 e. The van der Waals surface area contributed by atoms with Gasteiger partial charge in [0.25, 0.3) is 11.8 Å². The van der Waals surface area contributed by atoms with Crippen LogP contribution in [0.25, 0.3) is 10.9 Å². The lowest BCUT2D eigenvalue weighted by Gasteiger charge is -2.51. The monoisotopic (exact) mass is 568 g/mol. The first-order valence-corrected chi connectivity index (χ1v) is 14.9. The molecule has 9 heteroatoms. The number of H-pyrrole nitrogens is 1. The molecule has 5 aliphatic rings. The summed E-state index contributed by atoms with van der Waals surface area (Å²) in [4.78, 5) is 36.3. The number of piperazine rings is 1. The Balaban J connectivity index is 1.51. The van der Waals surface area contributed by atoms with Crippen LogP contribution < -0.4 is 4.90 Å². The molecule has 0 saturated carbocycles. The summed E-state index contributed by atoms with van der Waals surface area (Å²) in [6.07, 6.45) is 2.04. The van der Waals surface area contributed by atoms with Crippen molar-refractivity contribution in [2.75, 3.05) is 11.9 Å². The Labute approximate surface area is 239 Å². The van der Waals surface area contributed by atoms with Crippen molar-refractivity contribution < 1.29 is 9.59 Å². The third-order valence-electron chi connectivity index (χ3n) is 9.01. The van der Waals surface area contributed by atoms with E-state index >= 15 is 0 Å². The first kappa shape index (κ1) is 23.6. The molecule has 194 valence electrons. The predicted octanol–water partition coefficient (Wildman–Crippen LogP) is 5.81. The number of aromatic nitrogens is 1. The summed E-state index contributed by atoms with van der Waals surface area (Å²) in [6, 6.07) is 26.9. The SMILES string of the molecule is CN1C(=O)C23CC4(c5c[nH]c6ccccc56)c5ccccc5N(c5ccccc5)[C@H]4N2C(=O)[C@@]1(C)SC(=S)S3. The Kier molecular flexibility index (Phi) is 4.65. The number of hydrogen-bond acceptors (Lipinski definition) is 6. The Bertz CT molecular complexity index is 1740. The molecular formula is C30H24N4O2S3. The molecule has 39 heavy (non-hydrogen) atoms. The van der Waals surface area contributed by atoms with E-state index in [-0.39, 0.29) is 11.8 Å². The van der Waals surface area contributed by atoms with Crippen molar-refractivity contribution in [3.8, 4) is 0 Å². The second-order valence-electron chi connectivity index (χ2n) is 10.8. The van der Waals surface area contributed by atoms with E-state index in [4.69, 9.17) is 12.2 Å². The van der Waals surface area contributed by atoms with E-state index in [0.717, 1.165) is 33.4 Å². The van der Waals surface area contributed by atoms with E-state index in [1.54, 1.807) is 11.9 Å². The summed E-state index contributed by atoms with van der Waals surface area (Å²) >= 11 is 8.53. The number of nitrogens with zero attached hydrogens (tertiary/aromatic N) is 3. The van der Waals surface area contributed by atoms with E-state index in [1.807, 2.05) is 48.2 Å².